The minimum atomic E-state index is -0.289. The number of furan rings is 1. The number of thioether (sulfide) groups is 1. The SMILES string of the molecule is C[C@@H](Sc1nnc(C2CC2)n1Cc1ccccc1)C(=O)N1CCN(C(=O)c2ccco2)CC1. The number of piperazine rings is 1. The van der Waals surface area contributed by atoms with Gasteiger partial charge in [0.2, 0.25) is 5.91 Å². The van der Waals surface area contributed by atoms with E-state index in [0.717, 1.165) is 23.8 Å². The average Bonchev–Trinajstić information content (AvgIpc) is 3.39. The summed E-state index contributed by atoms with van der Waals surface area (Å²) in [4.78, 5) is 29.2. The summed E-state index contributed by atoms with van der Waals surface area (Å²) >= 11 is 1.46. The molecule has 172 valence electrons. The highest BCUT2D eigenvalue weighted by atomic mass is 32.2. The van der Waals surface area contributed by atoms with Gasteiger partial charge in [0.25, 0.3) is 5.91 Å². The first-order valence-electron chi connectivity index (χ1n) is 11.4. The van der Waals surface area contributed by atoms with E-state index in [0.29, 0.717) is 44.4 Å². The van der Waals surface area contributed by atoms with E-state index in [9.17, 15) is 9.59 Å². The molecule has 2 aliphatic rings. The van der Waals surface area contributed by atoms with Crippen LogP contribution in [0.2, 0.25) is 0 Å². The summed E-state index contributed by atoms with van der Waals surface area (Å²) in [6.45, 7) is 4.65. The van der Waals surface area contributed by atoms with E-state index in [-0.39, 0.29) is 17.1 Å². The molecule has 0 unspecified atom stereocenters. The van der Waals surface area contributed by atoms with Gasteiger partial charge in [0.1, 0.15) is 5.82 Å². The van der Waals surface area contributed by atoms with Crippen molar-refractivity contribution in [3.63, 3.8) is 0 Å². The molecule has 2 aromatic heterocycles. The third-order valence-corrected chi connectivity index (χ3v) is 7.18. The van der Waals surface area contributed by atoms with Crippen molar-refractivity contribution >= 4 is 23.6 Å². The van der Waals surface area contributed by atoms with Crippen molar-refractivity contribution in [3.8, 4) is 0 Å². The number of hydrogen-bond acceptors (Lipinski definition) is 6. The van der Waals surface area contributed by atoms with E-state index in [1.54, 1.807) is 17.0 Å². The van der Waals surface area contributed by atoms with Crippen LogP contribution in [-0.4, -0.2) is 67.8 Å². The number of hydrogen-bond donors (Lipinski definition) is 0. The van der Waals surface area contributed by atoms with E-state index in [4.69, 9.17) is 4.42 Å². The van der Waals surface area contributed by atoms with E-state index >= 15 is 0 Å². The molecule has 1 aliphatic heterocycles. The van der Waals surface area contributed by atoms with E-state index < -0.39 is 0 Å². The molecule has 8 nitrogen and oxygen atoms in total. The fraction of sp³-hybridized carbons (Fsp3) is 0.417. The number of carbonyl (C=O) groups is 2. The Balaban J connectivity index is 1.22. The van der Waals surface area contributed by atoms with Gasteiger partial charge in [0, 0.05) is 32.1 Å². The predicted molar refractivity (Wildman–Crippen MR) is 124 cm³/mol. The van der Waals surface area contributed by atoms with Crippen LogP contribution >= 0.6 is 11.8 Å². The fourth-order valence-corrected chi connectivity index (χ4v) is 5.04. The lowest BCUT2D eigenvalue weighted by Gasteiger charge is -2.35. The first kappa shape index (κ1) is 21.8. The van der Waals surface area contributed by atoms with Gasteiger partial charge in [-0.2, -0.15) is 0 Å². The van der Waals surface area contributed by atoms with Gasteiger partial charge in [-0.1, -0.05) is 42.1 Å². The highest BCUT2D eigenvalue weighted by Gasteiger charge is 2.33. The number of amides is 2. The molecule has 3 aromatic rings. The van der Waals surface area contributed by atoms with Crippen LogP contribution in [0.25, 0.3) is 0 Å². The third kappa shape index (κ3) is 4.83. The maximum absolute atomic E-state index is 13.2. The number of aromatic nitrogens is 3. The summed E-state index contributed by atoms with van der Waals surface area (Å²) in [7, 11) is 0. The Kier molecular flexibility index (Phi) is 6.22. The van der Waals surface area contributed by atoms with Crippen LogP contribution in [0.5, 0.6) is 0 Å². The Morgan fingerprint density at radius 1 is 1.03 bits per heavy atom. The van der Waals surface area contributed by atoms with E-state index in [1.807, 2.05) is 30.0 Å². The van der Waals surface area contributed by atoms with Crippen molar-refractivity contribution in [3.05, 3.63) is 65.9 Å². The van der Waals surface area contributed by atoms with Gasteiger partial charge in [0.15, 0.2) is 10.9 Å². The van der Waals surface area contributed by atoms with Crippen molar-refractivity contribution in [2.24, 2.45) is 0 Å². The zero-order chi connectivity index (χ0) is 22.8. The molecule has 0 radical (unpaired) electrons. The Bertz CT molecular complexity index is 1100. The number of nitrogens with zero attached hydrogens (tertiary/aromatic N) is 5. The van der Waals surface area contributed by atoms with Gasteiger partial charge in [-0.05, 0) is 37.5 Å². The molecular formula is C24H27N5O3S. The van der Waals surface area contributed by atoms with Crippen LogP contribution in [0.15, 0.2) is 58.3 Å². The topological polar surface area (TPSA) is 84.5 Å². The molecule has 2 amide bonds. The second-order valence-electron chi connectivity index (χ2n) is 8.54. The zero-order valence-electron chi connectivity index (χ0n) is 18.6. The predicted octanol–water partition coefficient (Wildman–Crippen LogP) is 3.26. The Hall–Kier alpha value is -3.07. The van der Waals surface area contributed by atoms with E-state index in [1.165, 1.54) is 23.6 Å². The highest BCUT2D eigenvalue weighted by molar-refractivity contribution is 8.00. The molecule has 0 bridgehead atoms. The molecule has 9 heteroatoms. The van der Waals surface area contributed by atoms with Crippen LogP contribution in [0.3, 0.4) is 0 Å². The summed E-state index contributed by atoms with van der Waals surface area (Å²) in [6.07, 6.45) is 3.79. The molecule has 1 aliphatic carbocycles. The Labute approximate surface area is 197 Å². The van der Waals surface area contributed by atoms with Crippen LogP contribution < -0.4 is 0 Å². The molecular weight excluding hydrogens is 438 g/mol. The summed E-state index contributed by atoms with van der Waals surface area (Å²) in [6, 6.07) is 13.6. The quantitative estimate of drug-likeness (QED) is 0.498. The first-order valence-corrected chi connectivity index (χ1v) is 12.2. The smallest absolute Gasteiger partial charge is 0.289 e. The molecule has 1 saturated heterocycles. The van der Waals surface area contributed by atoms with Crippen LogP contribution in [0.1, 0.15) is 47.6 Å². The second-order valence-corrected chi connectivity index (χ2v) is 9.85. The van der Waals surface area contributed by atoms with E-state index in [2.05, 4.69) is 26.9 Å². The second kappa shape index (κ2) is 9.43. The molecule has 0 spiro atoms. The minimum absolute atomic E-state index is 0.0623. The lowest BCUT2D eigenvalue weighted by atomic mass is 10.2. The standard InChI is InChI=1S/C24H27N5O3S/c1-17(22(30)27-11-13-28(14-12-27)23(31)20-8-5-15-32-20)33-24-26-25-21(19-9-10-19)29(24)16-18-6-3-2-4-7-18/h2-8,15,17,19H,9-14,16H2,1H3/t17-/m1/s1. The van der Waals surface area contributed by atoms with Crippen molar-refractivity contribution in [2.45, 2.75) is 42.6 Å². The fourth-order valence-electron chi connectivity index (χ4n) is 4.10. The van der Waals surface area contributed by atoms with Gasteiger partial charge < -0.3 is 18.8 Å². The molecule has 1 saturated carbocycles. The lowest BCUT2D eigenvalue weighted by Crippen LogP contribution is -2.52. The number of benzene rings is 1. The van der Waals surface area contributed by atoms with Crippen molar-refractivity contribution in [1.82, 2.24) is 24.6 Å². The third-order valence-electron chi connectivity index (χ3n) is 6.11. The van der Waals surface area contributed by atoms with Gasteiger partial charge in [-0.25, -0.2) is 0 Å². The molecule has 1 atom stereocenters. The number of rotatable bonds is 7. The summed E-state index contributed by atoms with van der Waals surface area (Å²) in [5.74, 6) is 1.76. The lowest BCUT2D eigenvalue weighted by molar-refractivity contribution is -0.131. The molecule has 1 aromatic carbocycles. The molecule has 2 fully saturated rings. The molecule has 33 heavy (non-hydrogen) atoms. The summed E-state index contributed by atoms with van der Waals surface area (Å²) in [5.41, 5.74) is 1.19. The first-order chi connectivity index (χ1) is 16.1. The molecule has 0 N–H and O–H groups in total. The summed E-state index contributed by atoms with van der Waals surface area (Å²) < 4.78 is 7.38. The maximum Gasteiger partial charge on any atom is 0.289 e. The van der Waals surface area contributed by atoms with Gasteiger partial charge in [-0.15, -0.1) is 10.2 Å². The number of carbonyl (C=O) groups excluding carboxylic acids is 2. The molecule has 5 rings (SSSR count). The Morgan fingerprint density at radius 3 is 2.42 bits per heavy atom. The van der Waals surface area contributed by atoms with Crippen molar-refractivity contribution < 1.29 is 14.0 Å². The zero-order valence-corrected chi connectivity index (χ0v) is 19.4. The highest BCUT2D eigenvalue weighted by Crippen LogP contribution is 2.40. The van der Waals surface area contributed by atoms with Gasteiger partial charge >= 0.3 is 0 Å². The Morgan fingerprint density at radius 2 is 1.76 bits per heavy atom. The summed E-state index contributed by atoms with van der Waals surface area (Å²) in [5, 5.41) is 9.41. The van der Waals surface area contributed by atoms with Crippen molar-refractivity contribution in [2.75, 3.05) is 26.2 Å². The monoisotopic (exact) mass is 465 g/mol. The largest absolute Gasteiger partial charge is 0.459 e. The van der Waals surface area contributed by atoms with Crippen LogP contribution in [0.4, 0.5) is 0 Å². The average molecular weight is 466 g/mol. The van der Waals surface area contributed by atoms with Crippen LogP contribution in [0, 0.1) is 0 Å². The minimum Gasteiger partial charge on any atom is -0.459 e. The van der Waals surface area contributed by atoms with Crippen molar-refractivity contribution in [1.29, 1.82) is 0 Å². The molecule has 3 heterocycles. The maximum atomic E-state index is 13.2. The van der Waals surface area contributed by atoms with Gasteiger partial charge in [0.05, 0.1) is 18.1 Å². The normalized spacial score (nSPS) is 17.2. The van der Waals surface area contributed by atoms with Crippen LogP contribution in [-0.2, 0) is 11.3 Å². The van der Waals surface area contributed by atoms with Gasteiger partial charge in [-0.3, -0.25) is 9.59 Å².